The fourth-order valence-corrected chi connectivity index (χ4v) is 2.76. The average Bonchev–Trinajstić information content (AvgIpc) is 2.58. The third kappa shape index (κ3) is 7.97. The molecule has 0 spiro atoms. The molecule has 0 amide bonds. The number of hydrogen-bond acceptors (Lipinski definition) is 4. The monoisotopic (exact) mass is 376 g/mol. The van der Waals surface area contributed by atoms with Gasteiger partial charge in [-0.05, 0) is 83.6 Å². The summed E-state index contributed by atoms with van der Waals surface area (Å²) in [4.78, 5) is 11.0. The van der Waals surface area contributed by atoms with Gasteiger partial charge in [0, 0.05) is 0 Å². The van der Waals surface area contributed by atoms with Crippen molar-refractivity contribution in [3.05, 3.63) is 52.6 Å². The Labute approximate surface area is 161 Å². The zero-order valence-corrected chi connectivity index (χ0v) is 16.7. The molecule has 1 aromatic rings. The molecule has 4 N–H and O–H groups in total. The standard InChI is InChI=1S/C22H32O5/c1-15(2)6-5-13-22(4,27)20(24)12-8-16(3)7-9-17-14-18(21(25)26)10-11-19(17)23/h6-7,10-11,14,20,23-24,27H,5,8-9,12-13H2,1-4H3,(H,25,26)/t20-,22-/m1/s1. The predicted octanol–water partition coefficient (Wildman–Crippen LogP) is 4.22. The Morgan fingerprint density at radius 2 is 1.89 bits per heavy atom. The highest BCUT2D eigenvalue weighted by molar-refractivity contribution is 5.88. The van der Waals surface area contributed by atoms with Crippen LogP contribution in [-0.2, 0) is 6.42 Å². The molecule has 1 aromatic carbocycles. The quantitative estimate of drug-likeness (QED) is 0.458. The number of phenols is 1. The van der Waals surface area contributed by atoms with Crippen LogP contribution in [0.25, 0.3) is 0 Å². The molecule has 0 saturated heterocycles. The molecule has 5 nitrogen and oxygen atoms in total. The SMILES string of the molecule is CC(C)=CCC[C@@](C)(O)[C@H](O)CCC(C)=CCc1cc(C(=O)O)ccc1O. The Bertz CT molecular complexity index is 697. The number of aromatic carboxylic acids is 1. The van der Waals surface area contributed by atoms with Crippen molar-refractivity contribution in [3.8, 4) is 5.75 Å². The lowest BCUT2D eigenvalue weighted by atomic mass is 9.89. The Kier molecular flexibility index (Phi) is 8.73. The van der Waals surface area contributed by atoms with E-state index in [1.54, 1.807) is 6.92 Å². The minimum absolute atomic E-state index is 0.0614. The molecule has 0 aliphatic rings. The van der Waals surface area contributed by atoms with E-state index in [9.17, 15) is 20.1 Å². The van der Waals surface area contributed by atoms with Crippen molar-refractivity contribution in [2.45, 2.75) is 71.5 Å². The van der Waals surface area contributed by atoms with Gasteiger partial charge in [0.2, 0.25) is 0 Å². The third-order valence-corrected chi connectivity index (χ3v) is 4.73. The minimum atomic E-state index is -1.14. The summed E-state index contributed by atoms with van der Waals surface area (Å²) >= 11 is 0. The van der Waals surface area contributed by atoms with Gasteiger partial charge in [-0.15, -0.1) is 0 Å². The van der Waals surface area contributed by atoms with Gasteiger partial charge in [-0.1, -0.05) is 23.3 Å². The third-order valence-electron chi connectivity index (χ3n) is 4.73. The van der Waals surface area contributed by atoms with E-state index < -0.39 is 17.7 Å². The summed E-state index contributed by atoms with van der Waals surface area (Å²) in [6.07, 6.45) is 5.81. The number of rotatable bonds is 10. The van der Waals surface area contributed by atoms with Crippen LogP contribution in [0.1, 0.15) is 69.3 Å². The van der Waals surface area contributed by atoms with Gasteiger partial charge in [0.25, 0.3) is 0 Å². The first-order valence-corrected chi connectivity index (χ1v) is 9.27. The molecule has 0 radical (unpaired) electrons. The Morgan fingerprint density at radius 1 is 1.22 bits per heavy atom. The maximum absolute atomic E-state index is 11.0. The maximum Gasteiger partial charge on any atom is 0.335 e. The summed E-state index contributed by atoms with van der Waals surface area (Å²) in [7, 11) is 0. The topological polar surface area (TPSA) is 98.0 Å². The lowest BCUT2D eigenvalue weighted by Crippen LogP contribution is -2.39. The number of phenolic OH excluding ortho intramolecular Hbond substituents is 1. The van der Waals surface area contributed by atoms with Gasteiger partial charge in [0.1, 0.15) is 5.75 Å². The predicted molar refractivity (Wildman–Crippen MR) is 107 cm³/mol. The second-order valence-electron chi connectivity index (χ2n) is 7.64. The molecular formula is C22H32O5. The molecule has 0 aromatic heterocycles. The van der Waals surface area contributed by atoms with Crippen molar-refractivity contribution in [1.82, 2.24) is 0 Å². The number of aliphatic hydroxyl groups is 2. The smallest absolute Gasteiger partial charge is 0.335 e. The van der Waals surface area contributed by atoms with Crippen LogP contribution < -0.4 is 0 Å². The van der Waals surface area contributed by atoms with E-state index in [-0.39, 0.29) is 11.3 Å². The van der Waals surface area contributed by atoms with Crippen molar-refractivity contribution in [2.24, 2.45) is 0 Å². The Hall–Kier alpha value is -2.11. The highest BCUT2D eigenvalue weighted by atomic mass is 16.4. The molecular weight excluding hydrogens is 344 g/mol. The number of aromatic hydroxyl groups is 1. The lowest BCUT2D eigenvalue weighted by molar-refractivity contribution is -0.0691. The van der Waals surface area contributed by atoms with Gasteiger partial charge in [-0.2, -0.15) is 0 Å². The molecule has 0 unspecified atom stereocenters. The first-order chi connectivity index (χ1) is 12.5. The maximum atomic E-state index is 11.0. The fourth-order valence-electron chi connectivity index (χ4n) is 2.76. The van der Waals surface area contributed by atoms with E-state index in [4.69, 9.17) is 5.11 Å². The molecule has 1 rings (SSSR count). The van der Waals surface area contributed by atoms with Crippen LogP contribution in [-0.4, -0.2) is 38.1 Å². The number of carbonyl (C=O) groups is 1. The van der Waals surface area contributed by atoms with Gasteiger partial charge in [-0.25, -0.2) is 4.79 Å². The summed E-state index contributed by atoms with van der Waals surface area (Å²) in [5.41, 5.74) is 1.74. The van der Waals surface area contributed by atoms with E-state index in [1.165, 1.54) is 23.8 Å². The molecule has 0 heterocycles. The van der Waals surface area contributed by atoms with Crippen LogP contribution in [0.15, 0.2) is 41.5 Å². The molecule has 0 bridgehead atoms. The Balaban J connectivity index is 2.61. The zero-order valence-electron chi connectivity index (χ0n) is 16.7. The molecule has 0 fully saturated rings. The largest absolute Gasteiger partial charge is 0.508 e. The molecule has 5 heteroatoms. The van der Waals surface area contributed by atoms with Crippen molar-refractivity contribution in [2.75, 3.05) is 0 Å². The first-order valence-electron chi connectivity index (χ1n) is 9.27. The summed E-state index contributed by atoms with van der Waals surface area (Å²) in [5, 5.41) is 39.7. The van der Waals surface area contributed by atoms with Gasteiger partial charge in [-0.3, -0.25) is 0 Å². The Morgan fingerprint density at radius 3 is 2.48 bits per heavy atom. The summed E-state index contributed by atoms with van der Waals surface area (Å²) in [6.45, 7) is 7.58. The van der Waals surface area contributed by atoms with Crippen molar-refractivity contribution in [3.63, 3.8) is 0 Å². The fraction of sp³-hybridized carbons (Fsp3) is 0.500. The molecule has 27 heavy (non-hydrogen) atoms. The lowest BCUT2D eigenvalue weighted by Gasteiger charge is -2.29. The number of carboxylic acid groups (broad SMARTS) is 1. The van der Waals surface area contributed by atoms with Crippen LogP contribution in [0.4, 0.5) is 0 Å². The molecule has 0 aliphatic heterocycles. The zero-order chi connectivity index (χ0) is 20.6. The average molecular weight is 376 g/mol. The highest BCUT2D eigenvalue weighted by Gasteiger charge is 2.29. The summed E-state index contributed by atoms with van der Waals surface area (Å²) in [5.74, 6) is -0.971. The minimum Gasteiger partial charge on any atom is -0.508 e. The van der Waals surface area contributed by atoms with Crippen LogP contribution in [0.2, 0.25) is 0 Å². The number of aliphatic hydroxyl groups excluding tert-OH is 1. The number of allylic oxidation sites excluding steroid dienone is 4. The summed E-state index contributed by atoms with van der Waals surface area (Å²) < 4.78 is 0. The van der Waals surface area contributed by atoms with Crippen molar-refractivity contribution in [1.29, 1.82) is 0 Å². The van der Waals surface area contributed by atoms with Crippen LogP contribution in [0.3, 0.4) is 0 Å². The molecule has 0 saturated carbocycles. The van der Waals surface area contributed by atoms with E-state index in [2.05, 4.69) is 0 Å². The van der Waals surface area contributed by atoms with Crippen LogP contribution in [0, 0.1) is 0 Å². The normalized spacial score (nSPS) is 15.1. The summed E-state index contributed by atoms with van der Waals surface area (Å²) in [6, 6.07) is 4.21. The van der Waals surface area contributed by atoms with E-state index in [1.807, 2.05) is 32.9 Å². The van der Waals surface area contributed by atoms with Crippen molar-refractivity contribution >= 4 is 5.97 Å². The van der Waals surface area contributed by atoms with Crippen LogP contribution >= 0.6 is 0 Å². The second kappa shape index (κ2) is 10.3. The van der Waals surface area contributed by atoms with E-state index in [0.29, 0.717) is 31.2 Å². The second-order valence-corrected chi connectivity index (χ2v) is 7.64. The number of carboxylic acids is 1. The van der Waals surface area contributed by atoms with E-state index in [0.717, 1.165) is 12.0 Å². The number of benzene rings is 1. The van der Waals surface area contributed by atoms with Gasteiger partial charge in [0.15, 0.2) is 0 Å². The molecule has 150 valence electrons. The first kappa shape index (κ1) is 22.9. The van der Waals surface area contributed by atoms with E-state index >= 15 is 0 Å². The highest BCUT2D eigenvalue weighted by Crippen LogP contribution is 2.24. The molecule has 2 atom stereocenters. The van der Waals surface area contributed by atoms with Gasteiger partial charge < -0.3 is 20.4 Å². The van der Waals surface area contributed by atoms with Gasteiger partial charge >= 0.3 is 5.97 Å². The molecule has 0 aliphatic carbocycles. The van der Waals surface area contributed by atoms with Crippen LogP contribution in [0.5, 0.6) is 5.75 Å². The van der Waals surface area contributed by atoms with Crippen molar-refractivity contribution < 1.29 is 25.2 Å². The van der Waals surface area contributed by atoms with Gasteiger partial charge in [0.05, 0.1) is 17.3 Å². The number of hydrogen-bond donors (Lipinski definition) is 4.